The van der Waals surface area contributed by atoms with Crippen molar-refractivity contribution in [2.24, 2.45) is 12.2 Å². The third-order valence-corrected chi connectivity index (χ3v) is 9.02. The maximum Gasteiger partial charge on any atom is 0.352 e. The molecule has 1 saturated heterocycles. The summed E-state index contributed by atoms with van der Waals surface area (Å²) >= 11 is 2.26. The van der Waals surface area contributed by atoms with Gasteiger partial charge in [0.25, 0.3) is 11.8 Å². The van der Waals surface area contributed by atoms with E-state index in [0.29, 0.717) is 23.2 Å². The van der Waals surface area contributed by atoms with Gasteiger partial charge in [-0.1, -0.05) is 11.2 Å². The van der Waals surface area contributed by atoms with Crippen molar-refractivity contribution in [2.75, 3.05) is 11.5 Å². The number of oxime groups is 1. The minimum atomic E-state index is -1.78. The van der Waals surface area contributed by atoms with Gasteiger partial charge in [-0.3, -0.25) is 14.5 Å². The number of nitrogens with zero attached hydrogens (tertiary/aromatic N) is 5. The number of aryl methyl sites for hydroxylation is 1. The number of carboxylic acid groups (broad SMARTS) is 2. The number of hydrogen-bond donors (Lipinski definition) is 6. The largest absolute Gasteiger partial charge is 0.504 e. The van der Waals surface area contributed by atoms with Gasteiger partial charge in [-0.2, -0.15) is 0 Å². The van der Waals surface area contributed by atoms with Gasteiger partial charge in [-0.05, 0) is 25.5 Å². The fourth-order valence-corrected chi connectivity index (χ4v) is 6.50. The molecule has 1 aromatic carbocycles. The van der Waals surface area contributed by atoms with E-state index in [0.717, 1.165) is 16.2 Å². The van der Waals surface area contributed by atoms with Crippen LogP contribution in [0.2, 0.25) is 0 Å². The van der Waals surface area contributed by atoms with Crippen LogP contribution in [0.5, 0.6) is 11.5 Å². The Bertz CT molecular complexity index is 1840. The van der Waals surface area contributed by atoms with E-state index in [4.69, 9.17) is 10.6 Å². The van der Waals surface area contributed by atoms with Crippen molar-refractivity contribution in [2.45, 2.75) is 37.4 Å². The summed E-state index contributed by atoms with van der Waals surface area (Å²) in [4.78, 5) is 60.4. The first-order valence-electron chi connectivity index (χ1n) is 13.2. The van der Waals surface area contributed by atoms with E-state index in [2.05, 4.69) is 15.5 Å². The van der Waals surface area contributed by atoms with Gasteiger partial charge in [-0.25, -0.2) is 23.7 Å². The van der Waals surface area contributed by atoms with Gasteiger partial charge < -0.3 is 36.3 Å². The minimum Gasteiger partial charge on any atom is -0.504 e. The summed E-state index contributed by atoms with van der Waals surface area (Å²) < 4.78 is 3.55. The number of imidazole rings is 1. The lowest BCUT2D eigenvalue weighted by molar-refractivity contribution is -0.645. The quantitative estimate of drug-likeness (QED) is 0.0575. The second-order valence-electron chi connectivity index (χ2n) is 10.6. The predicted octanol–water partition coefficient (Wildman–Crippen LogP) is 0.495. The minimum absolute atomic E-state index is 0.00531. The van der Waals surface area contributed by atoms with Crippen LogP contribution in [-0.2, 0) is 37.6 Å². The van der Waals surface area contributed by atoms with E-state index in [1.54, 1.807) is 34.7 Å². The smallest absolute Gasteiger partial charge is 0.352 e. The number of allylic oxidation sites excluding steroid dienone is 2. The highest BCUT2D eigenvalue weighted by Crippen LogP contribution is 2.41. The number of amides is 2. The number of nitrogens with one attached hydrogen (secondary N) is 1. The topological polar surface area (TPSA) is 234 Å². The Balaban J connectivity index is 1.34. The number of fused-ring (bicyclic) bond motifs is 2. The van der Waals surface area contributed by atoms with Crippen LogP contribution in [0, 0.1) is 0 Å². The second-order valence-corrected chi connectivity index (χ2v) is 12.6. The van der Waals surface area contributed by atoms with Crippen LogP contribution in [0.1, 0.15) is 19.5 Å². The average molecular weight is 659 g/mol. The van der Waals surface area contributed by atoms with Gasteiger partial charge in [0.15, 0.2) is 33.4 Å². The molecule has 3 aromatic rings. The summed E-state index contributed by atoms with van der Waals surface area (Å²) in [5.74, 6) is -4.52. The second kappa shape index (κ2) is 11.8. The van der Waals surface area contributed by atoms with Crippen LogP contribution >= 0.6 is 23.1 Å². The number of anilines is 1. The van der Waals surface area contributed by atoms with E-state index in [9.17, 15) is 39.6 Å². The lowest BCUT2D eigenvalue weighted by Crippen LogP contribution is -2.71. The van der Waals surface area contributed by atoms with Crippen molar-refractivity contribution in [3.63, 3.8) is 0 Å². The molecule has 1 fully saturated rings. The molecule has 0 aliphatic carbocycles. The fourth-order valence-electron chi connectivity index (χ4n) is 4.64. The molecular weight excluding hydrogens is 630 g/mol. The van der Waals surface area contributed by atoms with Crippen molar-refractivity contribution < 1.29 is 49.0 Å². The van der Waals surface area contributed by atoms with Crippen LogP contribution < -0.4 is 15.6 Å². The van der Waals surface area contributed by atoms with Crippen molar-refractivity contribution in [3.8, 4) is 11.5 Å². The first kappa shape index (κ1) is 31.3. The molecule has 0 radical (unpaired) electrons. The highest BCUT2D eigenvalue weighted by atomic mass is 32.2. The Morgan fingerprint density at radius 2 is 1.98 bits per heavy atom. The normalized spacial score (nSPS) is 18.7. The molecule has 5 rings (SSSR count). The zero-order valence-electron chi connectivity index (χ0n) is 24.0. The molecule has 2 aromatic heterocycles. The number of hydrogen-bond acceptors (Lipinski definition) is 12. The zero-order valence-corrected chi connectivity index (χ0v) is 25.6. The first-order chi connectivity index (χ1) is 21.2. The van der Waals surface area contributed by atoms with Gasteiger partial charge in [0.05, 0.1) is 7.05 Å². The number of carbonyl (C=O) groups is 4. The summed E-state index contributed by atoms with van der Waals surface area (Å²) in [6, 6.07) is 1.75. The Hall–Kier alpha value is -5.10. The number of nitrogen functional groups attached to an aromatic ring is 1. The summed E-state index contributed by atoms with van der Waals surface area (Å²) in [6.07, 6.45) is 5.08. The molecule has 0 spiro atoms. The number of thioether (sulfide) groups is 1. The zero-order chi connectivity index (χ0) is 32.8. The first-order valence-corrected chi connectivity index (χ1v) is 15.1. The Morgan fingerprint density at radius 3 is 2.62 bits per heavy atom. The number of nitrogens with two attached hydrogens (primary N) is 1. The van der Waals surface area contributed by atoms with E-state index >= 15 is 0 Å². The number of aromatic nitrogens is 3. The highest BCUT2D eigenvalue weighted by Gasteiger charge is 2.54. The number of thiazole rings is 1. The van der Waals surface area contributed by atoms with Crippen LogP contribution in [0.15, 0.2) is 52.4 Å². The number of carboxylic acids is 2. The average Bonchev–Trinajstić information content (AvgIpc) is 3.53. The van der Waals surface area contributed by atoms with Crippen molar-refractivity contribution in [1.82, 2.24) is 19.8 Å². The lowest BCUT2D eigenvalue weighted by Gasteiger charge is -2.49. The Morgan fingerprint density at radius 1 is 1.27 bits per heavy atom. The van der Waals surface area contributed by atoms with Crippen molar-refractivity contribution in [1.29, 1.82) is 0 Å². The van der Waals surface area contributed by atoms with Gasteiger partial charge in [0.1, 0.15) is 29.4 Å². The lowest BCUT2D eigenvalue weighted by atomic mass is 10.0. The van der Waals surface area contributed by atoms with Crippen LogP contribution in [0.3, 0.4) is 0 Å². The molecule has 236 valence electrons. The molecular formula is C27H28N7O9S2+. The third-order valence-electron chi connectivity index (χ3n) is 7.04. The number of phenolic OH excluding ortho intramolecular Hbond substituents is 2. The van der Waals surface area contributed by atoms with E-state index in [1.807, 2.05) is 0 Å². The number of aromatic hydroxyl groups is 2. The van der Waals surface area contributed by atoms with E-state index < -0.39 is 46.5 Å². The summed E-state index contributed by atoms with van der Waals surface area (Å²) in [5.41, 5.74) is 4.98. The fraction of sp³-hybridized carbons (Fsp3) is 0.296. The Labute approximate surface area is 262 Å². The molecule has 2 unspecified atom stereocenters. The SMILES string of the molecule is C[n+]1cn(C/C=C/C2=C(C(=O)O)N3C(=O)C(NC(=O)/C(=N\OC(C)(C)C(=O)O)c4csc(N)n4)C3SC2)c2cc(O)c(O)cc21. The molecule has 18 heteroatoms. The van der Waals surface area contributed by atoms with Crippen LogP contribution in [0.25, 0.3) is 11.0 Å². The molecule has 16 nitrogen and oxygen atoms in total. The maximum absolute atomic E-state index is 13.3. The molecule has 2 atom stereocenters. The van der Waals surface area contributed by atoms with Gasteiger partial charge >= 0.3 is 11.9 Å². The third kappa shape index (κ3) is 5.88. The van der Waals surface area contributed by atoms with E-state index in [-0.39, 0.29) is 33.8 Å². The molecule has 2 aliphatic heterocycles. The number of phenols is 2. The number of aliphatic carboxylic acids is 2. The van der Waals surface area contributed by atoms with Crippen LogP contribution in [0.4, 0.5) is 5.13 Å². The van der Waals surface area contributed by atoms with Crippen molar-refractivity contribution in [3.05, 3.63) is 53.0 Å². The molecule has 4 heterocycles. The maximum atomic E-state index is 13.3. The molecule has 2 aliphatic rings. The summed E-state index contributed by atoms with van der Waals surface area (Å²) in [5, 5.41) is 46.2. The molecule has 0 saturated carbocycles. The number of β-lactam (4-membered cyclic amide) rings is 1. The van der Waals surface area contributed by atoms with Gasteiger partial charge in [-0.15, -0.1) is 23.1 Å². The Kier molecular flexibility index (Phi) is 8.19. The molecule has 0 bridgehead atoms. The summed E-state index contributed by atoms with van der Waals surface area (Å²) in [6.45, 7) is 2.76. The predicted molar refractivity (Wildman–Crippen MR) is 161 cm³/mol. The number of benzene rings is 1. The molecule has 7 N–H and O–H groups in total. The van der Waals surface area contributed by atoms with Crippen LogP contribution in [-0.4, -0.2) is 87.1 Å². The standard InChI is InChI=1S/C27H27N7O9S2/c1-27(2,25(41)42)43-31-18(13-10-45-26(28)29-13)21(37)30-19-22(38)34-20(24(39)40)12(9-44-23(19)34)5-4-6-33-11-32(3)14-7-16(35)17(36)8-15(14)33/h4-5,7-8,10-11,19,23H,6,9H2,1-3H3,(H6-,28,29,30,31,35,36,37,39,40,41,42)/p+1/b5-4+. The van der Waals surface area contributed by atoms with E-state index in [1.165, 1.54) is 43.1 Å². The molecule has 2 amide bonds. The highest BCUT2D eigenvalue weighted by molar-refractivity contribution is 8.00. The monoisotopic (exact) mass is 658 g/mol. The van der Waals surface area contributed by atoms with Crippen molar-refractivity contribution >= 4 is 68.7 Å². The van der Waals surface area contributed by atoms with Gasteiger partial charge in [0, 0.05) is 23.3 Å². The van der Waals surface area contributed by atoms with Gasteiger partial charge in [0.2, 0.25) is 11.9 Å². The molecule has 45 heavy (non-hydrogen) atoms. The number of carbonyl (C=O) groups excluding carboxylic acids is 2. The number of rotatable bonds is 10. The summed E-state index contributed by atoms with van der Waals surface area (Å²) in [7, 11) is 1.78.